The summed E-state index contributed by atoms with van der Waals surface area (Å²) in [5.74, 6) is -0.196. The third-order valence-corrected chi connectivity index (χ3v) is 5.79. The van der Waals surface area contributed by atoms with Gasteiger partial charge in [-0.2, -0.15) is 0 Å². The first-order chi connectivity index (χ1) is 8.84. The molecule has 0 bridgehead atoms. The highest BCUT2D eigenvalue weighted by Gasteiger charge is 2.42. The standard InChI is InChI=1S/C12H20N2O4S/c1-3-8(2)11-12(16)14(6-10(15)13-11)9-4-5-19(17,18)7-9/h8-9,11H,3-7H2,1-2H3,(H,13,15). The summed E-state index contributed by atoms with van der Waals surface area (Å²) >= 11 is 0. The smallest absolute Gasteiger partial charge is 0.246 e. The molecule has 6 nitrogen and oxygen atoms in total. The van der Waals surface area contributed by atoms with Gasteiger partial charge in [-0.3, -0.25) is 9.59 Å². The molecule has 2 aliphatic heterocycles. The summed E-state index contributed by atoms with van der Waals surface area (Å²) in [6.07, 6.45) is 1.22. The van der Waals surface area contributed by atoms with Crippen molar-refractivity contribution in [1.82, 2.24) is 10.2 Å². The number of carbonyl (C=O) groups excluding carboxylic acids is 2. The SMILES string of the molecule is CCC(C)C1NC(=O)CN(C2CCS(=O)(=O)C2)C1=O. The minimum absolute atomic E-state index is 0.0146. The second-order valence-corrected chi connectivity index (χ2v) is 7.68. The van der Waals surface area contributed by atoms with Crippen molar-refractivity contribution in [1.29, 1.82) is 0 Å². The van der Waals surface area contributed by atoms with Gasteiger partial charge in [-0.1, -0.05) is 20.3 Å². The Labute approximate surface area is 113 Å². The Bertz CT molecular complexity index is 488. The molecule has 108 valence electrons. The maximum atomic E-state index is 12.4. The molecule has 0 aromatic carbocycles. The molecule has 7 heteroatoms. The third-order valence-electron chi connectivity index (χ3n) is 4.04. The molecule has 0 saturated carbocycles. The van der Waals surface area contributed by atoms with Crippen molar-refractivity contribution in [2.45, 2.75) is 38.8 Å². The van der Waals surface area contributed by atoms with Crippen molar-refractivity contribution in [2.75, 3.05) is 18.1 Å². The lowest BCUT2D eigenvalue weighted by molar-refractivity contribution is -0.147. The van der Waals surface area contributed by atoms with Gasteiger partial charge in [-0.15, -0.1) is 0 Å². The van der Waals surface area contributed by atoms with Crippen LogP contribution in [-0.4, -0.2) is 55.3 Å². The highest BCUT2D eigenvalue weighted by molar-refractivity contribution is 7.91. The van der Waals surface area contributed by atoms with E-state index in [4.69, 9.17) is 0 Å². The highest BCUT2D eigenvalue weighted by atomic mass is 32.2. The zero-order valence-electron chi connectivity index (χ0n) is 11.3. The van der Waals surface area contributed by atoms with Crippen LogP contribution in [0.5, 0.6) is 0 Å². The Morgan fingerprint density at radius 3 is 2.63 bits per heavy atom. The minimum Gasteiger partial charge on any atom is -0.342 e. The van der Waals surface area contributed by atoms with Crippen molar-refractivity contribution in [3.63, 3.8) is 0 Å². The summed E-state index contributed by atoms with van der Waals surface area (Å²) in [5, 5.41) is 2.71. The molecular weight excluding hydrogens is 268 g/mol. The van der Waals surface area contributed by atoms with E-state index in [0.717, 1.165) is 6.42 Å². The Morgan fingerprint density at radius 1 is 1.42 bits per heavy atom. The highest BCUT2D eigenvalue weighted by Crippen LogP contribution is 2.22. The molecule has 0 aliphatic carbocycles. The lowest BCUT2D eigenvalue weighted by Gasteiger charge is -2.38. The Balaban J connectivity index is 2.16. The Morgan fingerprint density at radius 2 is 2.11 bits per heavy atom. The predicted molar refractivity (Wildman–Crippen MR) is 70.2 cm³/mol. The number of nitrogens with one attached hydrogen (secondary N) is 1. The van der Waals surface area contributed by atoms with Crippen molar-refractivity contribution in [2.24, 2.45) is 5.92 Å². The molecule has 3 atom stereocenters. The predicted octanol–water partition coefficient (Wildman–Crippen LogP) is -0.453. The van der Waals surface area contributed by atoms with Crippen LogP contribution < -0.4 is 5.32 Å². The molecule has 0 spiro atoms. The summed E-state index contributed by atoms with van der Waals surface area (Å²) in [4.78, 5) is 25.6. The number of amides is 2. The zero-order chi connectivity index (χ0) is 14.2. The number of nitrogens with zero attached hydrogens (tertiary/aromatic N) is 1. The molecule has 2 aliphatic rings. The van der Waals surface area contributed by atoms with E-state index in [1.807, 2.05) is 13.8 Å². The molecule has 2 fully saturated rings. The van der Waals surface area contributed by atoms with E-state index in [1.165, 1.54) is 4.90 Å². The second kappa shape index (κ2) is 5.11. The van der Waals surface area contributed by atoms with Gasteiger partial charge in [0.05, 0.1) is 18.1 Å². The summed E-state index contributed by atoms with van der Waals surface area (Å²) in [7, 11) is -3.05. The van der Waals surface area contributed by atoms with Crippen LogP contribution in [0.1, 0.15) is 26.7 Å². The fourth-order valence-corrected chi connectivity index (χ4v) is 4.37. The molecule has 3 unspecified atom stereocenters. The van der Waals surface area contributed by atoms with Gasteiger partial charge in [-0.05, 0) is 12.3 Å². The van der Waals surface area contributed by atoms with Gasteiger partial charge in [0.2, 0.25) is 11.8 Å². The fraction of sp³-hybridized carbons (Fsp3) is 0.833. The van der Waals surface area contributed by atoms with Crippen molar-refractivity contribution in [3.05, 3.63) is 0 Å². The van der Waals surface area contributed by atoms with Gasteiger partial charge >= 0.3 is 0 Å². The summed E-state index contributed by atoms with van der Waals surface area (Å²) < 4.78 is 23.0. The average Bonchev–Trinajstić information content (AvgIpc) is 2.71. The van der Waals surface area contributed by atoms with E-state index >= 15 is 0 Å². The van der Waals surface area contributed by atoms with E-state index in [1.54, 1.807) is 0 Å². The van der Waals surface area contributed by atoms with Crippen molar-refractivity contribution < 1.29 is 18.0 Å². The number of hydrogen-bond donors (Lipinski definition) is 1. The first-order valence-corrected chi connectivity index (χ1v) is 8.46. The molecular formula is C12H20N2O4S. The molecule has 0 aromatic rings. The maximum absolute atomic E-state index is 12.4. The van der Waals surface area contributed by atoms with E-state index in [0.29, 0.717) is 6.42 Å². The number of carbonyl (C=O) groups is 2. The fourth-order valence-electron chi connectivity index (χ4n) is 2.64. The monoisotopic (exact) mass is 288 g/mol. The van der Waals surface area contributed by atoms with Crippen LogP contribution in [0.4, 0.5) is 0 Å². The molecule has 0 aromatic heterocycles. The molecule has 19 heavy (non-hydrogen) atoms. The van der Waals surface area contributed by atoms with Crippen molar-refractivity contribution >= 4 is 21.7 Å². The van der Waals surface area contributed by atoms with E-state index in [9.17, 15) is 18.0 Å². The quantitative estimate of drug-likeness (QED) is 0.762. The maximum Gasteiger partial charge on any atom is 0.246 e. The number of rotatable bonds is 3. The third kappa shape index (κ3) is 2.91. The van der Waals surface area contributed by atoms with Gasteiger partial charge in [0, 0.05) is 6.04 Å². The van der Waals surface area contributed by atoms with Crippen LogP contribution in [0.3, 0.4) is 0 Å². The van der Waals surface area contributed by atoms with Gasteiger partial charge < -0.3 is 10.2 Å². The van der Waals surface area contributed by atoms with Crippen LogP contribution >= 0.6 is 0 Å². The van der Waals surface area contributed by atoms with E-state index in [2.05, 4.69) is 5.32 Å². The van der Waals surface area contributed by atoms with Crippen LogP contribution in [0, 0.1) is 5.92 Å². The molecule has 2 amide bonds. The van der Waals surface area contributed by atoms with Crippen LogP contribution in [0.15, 0.2) is 0 Å². The molecule has 2 heterocycles. The topological polar surface area (TPSA) is 83.6 Å². The minimum atomic E-state index is -3.05. The summed E-state index contributed by atoms with van der Waals surface area (Å²) in [6, 6.07) is -0.857. The number of sulfone groups is 1. The van der Waals surface area contributed by atoms with Gasteiger partial charge in [0.1, 0.15) is 6.04 Å². The normalized spacial score (nSPS) is 32.2. The molecule has 2 saturated heterocycles. The average molecular weight is 288 g/mol. The summed E-state index contributed by atoms with van der Waals surface area (Å²) in [6.45, 7) is 3.85. The Hall–Kier alpha value is -1.11. The second-order valence-electron chi connectivity index (χ2n) is 5.45. The first-order valence-electron chi connectivity index (χ1n) is 6.64. The molecule has 0 radical (unpaired) electrons. The van der Waals surface area contributed by atoms with Gasteiger partial charge in [0.15, 0.2) is 9.84 Å². The summed E-state index contributed by atoms with van der Waals surface area (Å²) in [5.41, 5.74) is 0. The van der Waals surface area contributed by atoms with Gasteiger partial charge in [0.25, 0.3) is 0 Å². The lowest BCUT2D eigenvalue weighted by Crippen LogP contribution is -2.62. The van der Waals surface area contributed by atoms with Crippen LogP contribution in [0.25, 0.3) is 0 Å². The molecule has 1 N–H and O–H groups in total. The number of piperazine rings is 1. The molecule has 2 rings (SSSR count). The van der Waals surface area contributed by atoms with Gasteiger partial charge in [-0.25, -0.2) is 8.42 Å². The lowest BCUT2D eigenvalue weighted by atomic mass is 9.95. The van der Waals surface area contributed by atoms with Crippen molar-refractivity contribution in [3.8, 4) is 0 Å². The van der Waals surface area contributed by atoms with E-state index < -0.39 is 15.9 Å². The largest absolute Gasteiger partial charge is 0.342 e. The Kier molecular flexibility index (Phi) is 3.85. The van der Waals surface area contributed by atoms with Crippen LogP contribution in [0.2, 0.25) is 0 Å². The first kappa shape index (κ1) is 14.3. The van der Waals surface area contributed by atoms with Crippen LogP contribution in [-0.2, 0) is 19.4 Å². The number of hydrogen-bond acceptors (Lipinski definition) is 4. The zero-order valence-corrected chi connectivity index (χ0v) is 12.1. The van der Waals surface area contributed by atoms with E-state index in [-0.39, 0.29) is 41.8 Å².